The lowest BCUT2D eigenvalue weighted by Crippen LogP contribution is -2.46. The van der Waals surface area contributed by atoms with Crippen LogP contribution in [0.4, 0.5) is 0 Å². The quantitative estimate of drug-likeness (QED) is 0.796. The van der Waals surface area contributed by atoms with Gasteiger partial charge in [-0.25, -0.2) is 8.42 Å². The summed E-state index contributed by atoms with van der Waals surface area (Å²) >= 11 is 7.06. The van der Waals surface area contributed by atoms with E-state index in [2.05, 4.69) is 0 Å². The lowest BCUT2D eigenvalue weighted by Gasteiger charge is -2.32. The van der Waals surface area contributed by atoms with Gasteiger partial charge < -0.3 is 0 Å². The molecule has 92 valence electrons. The van der Waals surface area contributed by atoms with Crippen LogP contribution in [-0.4, -0.2) is 31.2 Å². The first kappa shape index (κ1) is 14.0. The Morgan fingerprint density at radius 1 is 1.44 bits per heavy atom. The summed E-state index contributed by atoms with van der Waals surface area (Å²) in [5, 5.41) is 0. The molecule has 1 heterocycles. The van der Waals surface area contributed by atoms with E-state index in [1.165, 1.54) is 15.6 Å². The summed E-state index contributed by atoms with van der Waals surface area (Å²) in [6, 6.07) is 3.44. The van der Waals surface area contributed by atoms with E-state index >= 15 is 0 Å². The zero-order valence-corrected chi connectivity index (χ0v) is 12.2. The summed E-state index contributed by atoms with van der Waals surface area (Å²) < 4.78 is 26.2. The molecule has 6 heteroatoms. The monoisotopic (exact) mass is 281 g/mol. The van der Waals surface area contributed by atoms with E-state index in [1.54, 1.807) is 33.0 Å². The van der Waals surface area contributed by atoms with Gasteiger partial charge in [-0.05, 0) is 32.9 Å². The fourth-order valence-electron chi connectivity index (χ4n) is 1.10. The van der Waals surface area contributed by atoms with Crippen LogP contribution in [0.25, 0.3) is 0 Å². The maximum atomic E-state index is 12.2. The van der Waals surface area contributed by atoms with Crippen LogP contribution in [0.2, 0.25) is 0 Å². The topological polar surface area (TPSA) is 37.4 Å². The van der Waals surface area contributed by atoms with Gasteiger partial charge in [-0.3, -0.25) is 0 Å². The number of nitrogens with zero attached hydrogens (tertiary/aromatic N) is 1. The zero-order chi connectivity index (χ0) is 12.6. The average molecular weight is 282 g/mol. The van der Waals surface area contributed by atoms with Crippen LogP contribution in [0, 0.1) is 6.92 Å². The predicted molar refractivity (Wildman–Crippen MR) is 68.8 cm³/mol. The number of aryl methyl sites for hydroxylation is 1. The smallest absolute Gasteiger partial charge is 0.206 e. The van der Waals surface area contributed by atoms with Crippen LogP contribution < -0.4 is 0 Å². The van der Waals surface area contributed by atoms with E-state index in [4.69, 9.17) is 11.6 Å². The van der Waals surface area contributed by atoms with Gasteiger partial charge in [-0.15, -0.1) is 22.9 Å². The first-order valence-corrected chi connectivity index (χ1v) is 7.62. The normalized spacial score (nSPS) is 13.4. The number of hydrogen-bond acceptors (Lipinski definition) is 3. The van der Waals surface area contributed by atoms with Crippen molar-refractivity contribution in [2.45, 2.75) is 30.5 Å². The fraction of sp³-hybridized carbons (Fsp3) is 0.600. The van der Waals surface area contributed by atoms with Crippen molar-refractivity contribution in [1.29, 1.82) is 0 Å². The van der Waals surface area contributed by atoms with Crippen molar-refractivity contribution in [1.82, 2.24) is 4.31 Å². The van der Waals surface area contributed by atoms with Gasteiger partial charge in [-0.1, -0.05) is 0 Å². The molecule has 0 aromatic carbocycles. The number of rotatable bonds is 4. The van der Waals surface area contributed by atoms with Gasteiger partial charge >= 0.3 is 0 Å². The molecule has 0 radical (unpaired) electrons. The van der Waals surface area contributed by atoms with Crippen molar-refractivity contribution in [3.05, 3.63) is 17.0 Å². The van der Waals surface area contributed by atoms with Gasteiger partial charge in [0.1, 0.15) is 4.21 Å². The number of alkyl halides is 1. The van der Waals surface area contributed by atoms with Crippen molar-refractivity contribution < 1.29 is 8.42 Å². The molecule has 16 heavy (non-hydrogen) atoms. The molecule has 0 N–H and O–H groups in total. The molecule has 0 saturated heterocycles. The SMILES string of the molecule is Cc1ccc(S(=O)(=O)N(C)C(C)(C)CCl)s1. The van der Waals surface area contributed by atoms with Crippen LogP contribution in [-0.2, 0) is 10.0 Å². The van der Waals surface area contributed by atoms with E-state index in [0.717, 1.165) is 4.88 Å². The Kier molecular flexibility index (Phi) is 4.05. The maximum Gasteiger partial charge on any atom is 0.252 e. The van der Waals surface area contributed by atoms with Crippen molar-refractivity contribution in [3.8, 4) is 0 Å². The average Bonchev–Trinajstić information content (AvgIpc) is 2.64. The summed E-state index contributed by atoms with van der Waals surface area (Å²) in [4.78, 5) is 0.982. The molecule has 0 saturated carbocycles. The standard InChI is InChI=1S/C10H16ClNO2S2/c1-8-5-6-9(15-8)16(13,14)12(4)10(2,3)7-11/h5-6H,7H2,1-4H3. The van der Waals surface area contributed by atoms with Crippen LogP contribution in [0.5, 0.6) is 0 Å². The lowest BCUT2D eigenvalue weighted by atomic mass is 10.1. The molecule has 0 amide bonds. The number of sulfonamides is 1. The van der Waals surface area contributed by atoms with Gasteiger partial charge in [0.15, 0.2) is 0 Å². The Morgan fingerprint density at radius 3 is 2.38 bits per heavy atom. The second-order valence-corrected chi connectivity index (χ2v) is 8.03. The minimum Gasteiger partial charge on any atom is -0.206 e. The Labute approximate surface area is 106 Å². The van der Waals surface area contributed by atoms with Crippen LogP contribution in [0.15, 0.2) is 16.3 Å². The van der Waals surface area contributed by atoms with Gasteiger partial charge in [0.2, 0.25) is 0 Å². The Morgan fingerprint density at radius 2 is 2.00 bits per heavy atom. The summed E-state index contributed by atoms with van der Waals surface area (Å²) in [7, 11) is -1.86. The third-order valence-corrected chi connectivity index (χ3v) is 6.70. The molecular formula is C10H16ClNO2S2. The number of halogens is 1. The second-order valence-electron chi connectivity index (χ2n) is 4.28. The zero-order valence-electron chi connectivity index (χ0n) is 9.82. The number of hydrogen-bond donors (Lipinski definition) is 0. The largest absolute Gasteiger partial charge is 0.252 e. The molecule has 3 nitrogen and oxygen atoms in total. The van der Waals surface area contributed by atoms with E-state index in [9.17, 15) is 8.42 Å². The Hall–Kier alpha value is -0.100. The first-order chi connectivity index (χ1) is 7.21. The van der Waals surface area contributed by atoms with E-state index in [0.29, 0.717) is 4.21 Å². The molecule has 1 aromatic rings. The summed E-state index contributed by atoms with van der Waals surface area (Å²) in [5.41, 5.74) is -0.585. The summed E-state index contributed by atoms with van der Waals surface area (Å²) in [6.07, 6.45) is 0. The van der Waals surface area contributed by atoms with Crippen molar-refractivity contribution in [3.63, 3.8) is 0 Å². The predicted octanol–water partition coefficient (Wildman–Crippen LogP) is 2.69. The van der Waals surface area contributed by atoms with E-state index < -0.39 is 15.6 Å². The Balaban J connectivity index is 3.13. The highest BCUT2D eigenvalue weighted by atomic mass is 35.5. The molecule has 0 spiro atoms. The van der Waals surface area contributed by atoms with Crippen LogP contribution in [0.1, 0.15) is 18.7 Å². The van der Waals surface area contributed by atoms with Crippen molar-refractivity contribution in [2.24, 2.45) is 0 Å². The maximum absolute atomic E-state index is 12.2. The van der Waals surface area contributed by atoms with Gasteiger partial charge in [0.25, 0.3) is 10.0 Å². The molecular weight excluding hydrogens is 266 g/mol. The minimum absolute atomic E-state index is 0.257. The highest BCUT2D eigenvalue weighted by Crippen LogP contribution is 2.28. The molecule has 0 aliphatic rings. The number of thiophene rings is 1. The third kappa shape index (κ3) is 2.59. The van der Waals surface area contributed by atoms with Crippen LogP contribution >= 0.6 is 22.9 Å². The molecule has 0 fully saturated rings. The van der Waals surface area contributed by atoms with Gasteiger partial charge in [0.05, 0.1) is 0 Å². The highest BCUT2D eigenvalue weighted by molar-refractivity contribution is 7.91. The summed E-state index contributed by atoms with van der Waals surface area (Å²) in [6.45, 7) is 5.49. The minimum atomic E-state index is -3.42. The van der Waals surface area contributed by atoms with E-state index in [1.807, 2.05) is 6.92 Å². The van der Waals surface area contributed by atoms with Gasteiger partial charge in [0, 0.05) is 23.3 Å². The van der Waals surface area contributed by atoms with Crippen molar-refractivity contribution >= 4 is 33.0 Å². The summed E-state index contributed by atoms with van der Waals surface area (Å²) in [5.74, 6) is 0.257. The highest BCUT2D eigenvalue weighted by Gasteiger charge is 2.34. The molecule has 0 aliphatic heterocycles. The molecule has 1 rings (SSSR count). The van der Waals surface area contributed by atoms with Gasteiger partial charge in [-0.2, -0.15) is 4.31 Å². The second kappa shape index (κ2) is 4.64. The molecule has 1 aromatic heterocycles. The van der Waals surface area contributed by atoms with Crippen molar-refractivity contribution in [2.75, 3.05) is 12.9 Å². The third-order valence-electron chi connectivity index (χ3n) is 2.51. The van der Waals surface area contributed by atoms with E-state index in [-0.39, 0.29) is 5.88 Å². The molecule has 0 atom stereocenters. The first-order valence-electron chi connectivity index (χ1n) is 4.83. The molecule has 0 aliphatic carbocycles. The van der Waals surface area contributed by atoms with Crippen LogP contribution in [0.3, 0.4) is 0 Å². The lowest BCUT2D eigenvalue weighted by molar-refractivity contribution is 0.296. The molecule has 0 bridgehead atoms. The molecule has 0 unspecified atom stereocenters. The fourth-order valence-corrected chi connectivity index (χ4v) is 4.31. The Bertz CT molecular complexity index is 465.